The fourth-order valence-electron chi connectivity index (χ4n) is 2.99. The first-order valence-corrected chi connectivity index (χ1v) is 5.61. The van der Waals surface area contributed by atoms with Gasteiger partial charge in [-0.3, -0.25) is 4.90 Å². The summed E-state index contributed by atoms with van der Waals surface area (Å²) >= 11 is 0. The fourth-order valence-corrected chi connectivity index (χ4v) is 2.99. The third kappa shape index (κ3) is 1.40. The topological polar surface area (TPSA) is 23.5 Å². The van der Waals surface area contributed by atoms with Crippen LogP contribution in [-0.2, 0) is 0 Å². The Kier molecular flexibility index (Phi) is 2.37. The van der Waals surface area contributed by atoms with Gasteiger partial charge in [-0.05, 0) is 31.7 Å². The van der Waals surface area contributed by atoms with Gasteiger partial charge in [0.05, 0.1) is 5.60 Å². The molecule has 2 saturated heterocycles. The van der Waals surface area contributed by atoms with E-state index in [1.807, 2.05) is 0 Å². The van der Waals surface area contributed by atoms with Crippen LogP contribution in [-0.4, -0.2) is 34.7 Å². The van der Waals surface area contributed by atoms with Crippen molar-refractivity contribution >= 4 is 0 Å². The second-order valence-electron chi connectivity index (χ2n) is 4.94. The molecule has 2 fully saturated rings. The average Bonchev–Trinajstić information content (AvgIpc) is 2.47. The van der Waals surface area contributed by atoms with Crippen molar-refractivity contribution in [1.29, 1.82) is 0 Å². The first-order valence-electron chi connectivity index (χ1n) is 5.61. The summed E-state index contributed by atoms with van der Waals surface area (Å²) in [6.07, 6.45) is 4.81. The van der Waals surface area contributed by atoms with Crippen molar-refractivity contribution in [3.05, 3.63) is 0 Å². The fraction of sp³-hybridized carbons (Fsp3) is 1.00. The van der Waals surface area contributed by atoms with Gasteiger partial charge in [-0.2, -0.15) is 0 Å². The summed E-state index contributed by atoms with van der Waals surface area (Å²) in [6.45, 7) is 6.62. The van der Waals surface area contributed by atoms with Gasteiger partial charge in [0.15, 0.2) is 0 Å². The lowest BCUT2D eigenvalue weighted by atomic mass is 9.80. The van der Waals surface area contributed by atoms with Crippen LogP contribution in [0.2, 0.25) is 0 Å². The highest BCUT2D eigenvalue weighted by molar-refractivity contribution is 5.02. The van der Waals surface area contributed by atoms with Gasteiger partial charge < -0.3 is 5.11 Å². The minimum atomic E-state index is -0.388. The molecule has 2 rings (SSSR count). The summed E-state index contributed by atoms with van der Waals surface area (Å²) in [6, 6.07) is 0.459. The van der Waals surface area contributed by atoms with Gasteiger partial charge in [-0.1, -0.05) is 20.3 Å². The van der Waals surface area contributed by atoms with E-state index >= 15 is 0 Å². The first-order chi connectivity index (χ1) is 6.14. The standard InChI is InChI=1S/C11H21NO/c1-9(2)11(13)6-8-12-7-4-3-5-10(11)12/h9-10,13H,3-8H2,1-2H3. The van der Waals surface area contributed by atoms with Crippen LogP contribution in [0.5, 0.6) is 0 Å². The molecule has 2 heterocycles. The van der Waals surface area contributed by atoms with Crippen molar-refractivity contribution < 1.29 is 5.11 Å². The lowest BCUT2D eigenvalue weighted by Crippen LogP contribution is -2.49. The van der Waals surface area contributed by atoms with Crippen molar-refractivity contribution in [2.75, 3.05) is 13.1 Å². The number of hydrogen-bond acceptors (Lipinski definition) is 2. The summed E-state index contributed by atoms with van der Waals surface area (Å²) in [4.78, 5) is 2.49. The van der Waals surface area contributed by atoms with E-state index in [0.29, 0.717) is 12.0 Å². The second kappa shape index (κ2) is 3.25. The lowest BCUT2D eigenvalue weighted by Gasteiger charge is -2.39. The smallest absolute Gasteiger partial charge is 0.0837 e. The third-order valence-electron chi connectivity index (χ3n) is 3.99. The number of piperidine rings is 1. The minimum Gasteiger partial charge on any atom is -0.388 e. The zero-order valence-corrected chi connectivity index (χ0v) is 8.79. The van der Waals surface area contributed by atoms with Crippen molar-refractivity contribution in [3.8, 4) is 0 Å². The molecule has 0 saturated carbocycles. The first kappa shape index (κ1) is 9.47. The molecule has 2 aliphatic rings. The Hall–Kier alpha value is -0.0800. The Balaban J connectivity index is 2.14. The maximum Gasteiger partial charge on any atom is 0.0837 e. The van der Waals surface area contributed by atoms with Crippen molar-refractivity contribution in [3.63, 3.8) is 0 Å². The number of hydrogen-bond donors (Lipinski definition) is 1. The van der Waals surface area contributed by atoms with E-state index < -0.39 is 0 Å². The molecule has 2 atom stereocenters. The van der Waals surface area contributed by atoms with Crippen LogP contribution in [0.4, 0.5) is 0 Å². The van der Waals surface area contributed by atoms with Crippen molar-refractivity contribution in [2.24, 2.45) is 5.92 Å². The molecule has 0 aromatic carbocycles. The molecule has 2 nitrogen and oxygen atoms in total. The highest BCUT2D eigenvalue weighted by Crippen LogP contribution is 2.39. The zero-order valence-electron chi connectivity index (χ0n) is 8.79. The number of rotatable bonds is 1. The zero-order chi connectivity index (χ0) is 9.47. The van der Waals surface area contributed by atoms with Crippen LogP contribution in [0, 0.1) is 5.92 Å². The number of aliphatic hydroxyl groups is 1. The van der Waals surface area contributed by atoms with E-state index in [4.69, 9.17) is 0 Å². The summed E-state index contributed by atoms with van der Waals surface area (Å²) in [5, 5.41) is 10.5. The van der Waals surface area contributed by atoms with Gasteiger partial charge in [0, 0.05) is 12.6 Å². The van der Waals surface area contributed by atoms with Crippen molar-refractivity contribution in [2.45, 2.75) is 51.2 Å². The van der Waals surface area contributed by atoms with Crippen LogP contribution in [0.1, 0.15) is 39.5 Å². The molecule has 0 amide bonds. The molecular weight excluding hydrogens is 162 g/mol. The van der Waals surface area contributed by atoms with Crippen LogP contribution in [0.15, 0.2) is 0 Å². The van der Waals surface area contributed by atoms with Gasteiger partial charge in [0.2, 0.25) is 0 Å². The molecule has 0 aromatic rings. The predicted molar refractivity (Wildman–Crippen MR) is 53.6 cm³/mol. The quantitative estimate of drug-likeness (QED) is 0.668. The maximum absolute atomic E-state index is 10.5. The number of nitrogens with zero attached hydrogens (tertiary/aromatic N) is 1. The van der Waals surface area contributed by atoms with Crippen molar-refractivity contribution in [1.82, 2.24) is 4.90 Å². The molecule has 1 N–H and O–H groups in total. The Morgan fingerprint density at radius 1 is 1.31 bits per heavy atom. The van der Waals surface area contributed by atoms with E-state index in [2.05, 4.69) is 18.7 Å². The van der Waals surface area contributed by atoms with Crippen LogP contribution in [0.25, 0.3) is 0 Å². The molecule has 2 aliphatic heterocycles. The third-order valence-corrected chi connectivity index (χ3v) is 3.99. The molecule has 0 aliphatic carbocycles. The molecule has 0 radical (unpaired) electrons. The SMILES string of the molecule is CC(C)C1(O)CCN2CCCCC21. The molecule has 2 heteroatoms. The minimum absolute atomic E-state index is 0.388. The average molecular weight is 183 g/mol. The van der Waals surface area contributed by atoms with Gasteiger partial charge >= 0.3 is 0 Å². The Bertz CT molecular complexity index is 193. The lowest BCUT2D eigenvalue weighted by molar-refractivity contribution is -0.0454. The van der Waals surface area contributed by atoms with Gasteiger partial charge in [0.25, 0.3) is 0 Å². The Labute approximate surface area is 80.9 Å². The van der Waals surface area contributed by atoms with Crippen LogP contribution >= 0.6 is 0 Å². The largest absolute Gasteiger partial charge is 0.388 e. The van der Waals surface area contributed by atoms with E-state index in [-0.39, 0.29) is 5.60 Å². The van der Waals surface area contributed by atoms with E-state index in [1.165, 1.54) is 25.8 Å². The molecule has 0 spiro atoms. The monoisotopic (exact) mass is 183 g/mol. The normalized spacial score (nSPS) is 41.1. The van der Waals surface area contributed by atoms with E-state index in [9.17, 15) is 5.11 Å². The van der Waals surface area contributed by atoms with Crippen LogP contribution in [0.3, 0.4) is 0 Å². The molecule has 0 bridgehead atoms. The molecular formula is C11H21NO. The molecule has 13 heavy (non-hydrogen) atoms. The summed E-state index contributed by atoms with van der Waals surface area (Å²) in [5.74, 6) is 0.403. The van der Waals surface area contributed by atoms with E-state index in [0.717, 1.165) is 13.0 Å². The molecule has 76 valence electrons. The summed E-state index contributed by atoms with van der Waals surface area (Å²) in [5.41, 5.74) is -0.388. The Morgan fingerprint density at radius 3 is 2.77 bits per heavy atom. The van der Waals surface area contributed by atoms with Gasteiger partial charge in [-0.15, -0.1) is 0 Å². The summed E-state index contributed by atoms with van der Waals surface area (Å²) in [7, 11) is 0. The van der Waals surface area contributed by atoms with Gasteiger partial charge in [0.1, 0.15) is 0 Å². The maximum atomic E-state index is 10.5. The van der Waals surface area contributed by atoms with E-state index in [1.54, 1.807) is 0 Å². The molecule has 0 aromatic heterocycles. The highest BCUT2D eigenvalue weighted by Gasteiger charge is 2.48. The molecule has 2 unspecified atom stereocenters. The number of fused-ring (bicyclic) bond motifs is 1. The second-order valence-corrected chi connectivity index (χ2v) is 4.94. The predicted octanol–water partition coefficient (Wildman–Crippen LogP) is 1.63. The summed E-state index contributed by atoms with van der Waals surface area (Å²) < 4.78 is 0. The van der Waals surface area contributed by atoms with Crippen LogP contribution < -0.4 is 0 Å². The van der Waals surface area contributed by atoms with Gasteiger partial charge in [-0.25, -0.2) is 0 Å². The Morgan fingerprint density at radius 2 is 2.08 bits per heavy atom. The highest BCUT2D eigenvalue weighted by atomic mass is 16.3.